The first-order chi connectivity index (χ1) is 14.5. The molecule has 156 valence electrons. The van der Waals surface area contributed by atoms with E-state index in [9.17, 15) is 14.0 Å². The summed E-state index contributed by atoms with van der Waals surface area (Å²) < 4.78 is 20.7. The minimum atomic E-state index is -0.609. The molecule has 0 saturated heterocycles. The second-order valence-electron chi connectivity index (χ2n) is 6.54. The van der Waals surface area contributed by atoms with Gasteiger partial charge in [0.05, 0.1) is 13.7 Å². The number of hydrogen-bond acceptors (Lipinski definition) is 5. The van der Waals surface area contributed by atoms with E-state index in [0.29, 0.717) is 19.5 Å². The van der Waals surface area contributed by atoms with Crippen LogP contribution in [0, 0.1) is 5.82 Å². The summed E-state index contributed by atoms with van der Waals surface area (Å²) in [5, 5.41) is 9.26. The van der Waals surface area contributed by atoms with Gasteiger partial charge in [0.25, 0.3) is 5.91 Å². The van der Waals surface area contributed by atoms with Crippen molar-refractivity contribution in [3.8, 4) is 5.75 Å². The van der Waals surface area contributed by atoms with E-state index in [1.165, 1.54) is 24.8 Å². The van der Waals surface area contributed by atoms with Crippen molar-refractivity contribution in [1.29, 1.82) is 0 Å². The number of methoxy groups -OCH3 is 1. The lowest BCUT2D eigenvalue weighted by molar-refractivity contribution is -0.116. The standard InChI is InChI=1S/C21H22FN5O3/c1-30-19-4-2-3-15(9-19)5-6-20(28)26-18-11-16(10-17(22)12-18)21(29)24-7-8-27-14-23-13-25-27/h2-4,9-14H,5-8H2,1H3,(H,24,29)(H,26,28). The highest BCUT2D eigenvalue weighted by Gasteiger charge is 2.11. The highest BCUT2D eigenvalue weighted by atomic mass is 19.1. The lowest BCUT2D eigenvalue weighted by atomic mass is 10.1. The van der Waals surface area contributed by atoms with Crippen LogP contribution in [0.3, 0.4) is 0 Å². The third-order valence-corrected chi connectivity index (χ3v) is 4.31. The number of amides is 2. The van der Waals surface area contributed by atoms with Crippen LogP contribution < -0.4 is 15.4 Å². The zero-order valence-corrected chi connectivity index (χ0v) is 16.5. The maximum absolute atomic E-state index is 14.0. The molecule has 0 fully saturated rings. The van der Waals surface area contributed by atoms with Crippen LogP contribution >= 0.6 is 0 Å². The predicted molar refractivity (Wildman–Crippen MR) is 109 cm³/mol. The van der Waals surface area contributed by atoms with Crippen LogP contribution in [0.2, 0.25) is 0 Å². The average Bonchev–Trinajstić information content (AvgIpc) is 3.25. The van der Waals surface area contributed by atoms with E-state index >= 15 is 0 Å². The van der Waals surface area contributed by atoms with Crippen molar-refractivity contribution < 1.29 is 18.7 Å². The zero-order valence-electron chi connectivity index (χ0n) is 16.5. The number of nitrogens with one attached hydrogen (secondary N) is 2. The van der Waals surface area contributed by atoms with E-state index < -0.39 is 11.7 Å². The molecule has 2 aromatic carbocycles. The number of ether oxygens (including phenoxy) is 1. The van der Waals surface area contributed by atoms with Crippen molar-refractivity contribution in [2.24, 2.45) is 0 Å². The van der Waals surface area contributed by atoms with E-state index in [2.05, 4.69) is 20.7 Å². The molecule has 9 heteroatoms. The van der Waals surface area contributed by atoms with Gasteiger partial charge in [0.15, 0.2) is 0 Å². The van der Waals surface area contributed by atoms with E-state index in [1.807, 2.05) is 24.3 Å². The summed E-state index contributed by atoms with van der Waals surface area (Å²) in [5.41, 5.74) is 1.31. The van der Waals surface area contributed by atoms with Gasteiger partial charge in [-0.3, -0.25) is 14.3 Å². The zero-order chi connectivity index (χ0) is 21.3. The highest BCUT2D eigenvalue weighted by Crippen LogP contribution is 2.16. The fourth-order valence-electron chi connectivity index (χ4n) is 2.84. The number of benzene rings is 2. The van der Waals surface area contributed by atoms with Crippen LogP contribution in [0.15, 0.2) is 55.1 Å². The monoisotopic (exact) mass is 411 g/mol. The molecule has 0 aliphatic rings. The molecule has 3 aromatic rings. The summed E-state index contributed by atoms with van der Waals surface area (Å²) >= 11 is 0. The van der Waals surface area contributed by atoms with Crippen molar-refractivity contribution in [3.63, 3.8) is 0 Å². The van der Waals surface area contributed by atoms with E-state index in [1.54, 1.807) is 11.8 Å². The van der Waals surface area contributed by atoms with Crippen molar-refractivity contribution in [2.45, 2.75) is 19.4 Å². The summed E-state index contributed by atoms with van der Waals surface area (Å²) in [6.45, 7) is 0.746. The Balaban J connectivity index is 1.54. The molecule has 0 aliphatic heterocycles. The van der Waals surface area contributed by atoms with Crippen LogP contribution in [0.25, 0.3) is 0 Å². The van der Waals surface area contributed by atoms with Gasteiger partial charge in [-0.05, 0) is 42.3 Å². The molecule has 0 aliphatic carbocycles. The molecule has 0 spiro atoms. The van der Waals surface area contributed by atoms with Gasteiger partial charge in [0.1, 0.15) is 24.2 Å². The number of carbonyl (C=O) groups excluding carboxylic acids is 2. The fourth-order valence-corrected chi connectivity index (χ4v) is 2.84. The molecule has 1 heterocycles. The number of anilines is 1. The number of aryl methyl sites for hydroxylation is 1. The van der Waals surface area contributed by atoms with E-state index in [0.717, 1.165) is 17.4 Å². The van der Waals surface area contributed by atoms with Gasteiger partial charge >= 0.3 is 0 Å². The topological polar surface area (TPSA) is 98.1 Å². The smallest absolute Gasteiger partial charge is 0.251 e. The molecular weight excluding hydrogens is 389 g/mol. The Morgan fingerprint density at radius 2 is 2.07 bits per heavy atom. The molecule has 0 bridgehead atoms. The highest BCUT2D eigenvalue weighted by molar-refractivity contribution is 5.97. The van der Waals surface area contributed by atoms with Crippen molar-refractivity contribution in [1.82, 2.24) is 20.1 Å². The van der Waals surface area contributed by atoms with Gasteiger partial charge in [-0.25, -0.2) is 9.37 Å². The third kappa shape index (κ3) is 6.13. The summed E-state index contributed by atoms with van der Waals surface area (Å²) in [6, 6.07) is 11.2. The molecule has 30 heavy (non-hydrogen) atoms. The average molecular weight is 411 g/mol. The summed E-state index contributed by atoms with van der Waals surface area (Å²) in [4.78, 5) is 28.4. The van der Waals surface area contributed by atoms with Crippen LogP contribution in [0.1, 0.15) is 22.3 Å². The maximum atomic E-state index is 14.0. The van der Waals surface area contributed by atoms with Gasteiger partial charge < -0.3 is 15.4 Å². The van der Waals surface area contributed by atoms with Crippen LogP contribution in [-0.2, 0) is 17.8 Å². The van der Waals surface area contributed by atoms with Crippen molar-refractivity contribution in [3.05, 3.63) is 72.1 Å². The summed E-state index contributed by atoms with van der Waals surface area (Å²) in [6.07, 6.45) is 3.65. The normalized spacial score (nSPS) is 10.5. The molecule has 0 atom stereocenters. The Hall–Kier alpha value is -3.75. The molecule has 1 aromatic heterocycles. The van der Waals surface area contributed by atoms with Gasteiger partial charge in [-0.2, -0.15) is 5.10 Å². The first-order valence-electron chi connectivity index (χ1n) is 9.37. The molecule has 0 saturated carbocycles. The number of nitrogens with zero attached hydrogens (tertiary/aromatic N) is 3. The molecule has 0 unspecified atom stereocenters. The minimum absolute atomic E-state index is 0.122. The Labute approximate surface area is 173 Å². The Morgan fingerprint density at radius 3 is 2.83 bits per heavy atom. The van der Waals surface area contributed by atoms with Crippen molar-refractivity contribution >= 4 is 17.5 Å². The lowest BCUT2D eigenvalue weighted by Crippen LogP contribution is -2.27. The van der Waals surface area contributed by atoms with Crippen molar-refractivity contribution in [2.75, 3.05) is 19.0 Å². The van der Waals surface area contributed by atoms with E-state index in [-0.39, 0.29) is 23.6 Å². The largest absolute Gasteiger partial charge is 0.497 e. The first-order valence-corrected chi connectivity index (χ1v) is 9.37. The Morgan fingerprint density at radius 1 is 1.20 bits per heavy atom. The minimum Gasteiger partial charge on any atom is -0.497 e. The fraction of sp³-hybridized carbons (Fsp3) is 0.238. The van der Waals surface area contributed by atoms with E-state index in [4.69, 9.17) is 4.74 Å². The molecule has 3 rings (SSSR count). The van der Waals surface area contributed by atoms with Crippen LogP contribution in [-0.4, -0.2) is 40.2 Å². The summed E-state index contributed by atoms with van der Waals surface area (Å²) in [7, 11) is 1.58. The van der Waals surface area contributed by atoms with Crippen LogP contribution in [0.4, 0.5) is 10.1 Å². The van der Waals surface area contributed by atoms with Crippen LogP contribution in [0.5, 0.6) is 5.75 Å². The van der Waals surface area contributed by atoms with Gasteiger partial charge in [0.2, 0.25) is 5.91 Å². The molecule has 2 N–H and O–H groups in total. The quantitative estimate of drug-likeness (QED) is 0.564. The van der Waals surface area contributed by atoms with Gasteiger partial charge in [0, 0.05) is 24.2 Å². The second kappa shape index (κ2) is 10.1. The first kappa shape index (κ1) is 21.0. The molecule has 8 nitrogen and oxygen atoms in total. The Kier molecular flexibility index (Phi) is 7.09. The van der Waals surface area contributed by atoms with Gasteiger partial charge in [-0.15, -0.1) is 0 Å². The Bertz CT molecular complexity index is 1010. The number of hydrogen-bond donors (Lipinski definition) is 2. The molecule has 2 amide bonds. The van der Waals surface area contributed by atoms with Gasteiger partial charge in [-0.1, -0.05) is 12.1 Å². The second-order valence-corrected chi connectivity index (χ2v) is 6.54. The maximum Gasteiger partial charge on any atom is 0.251 e. The number of carbonyl (C=O) groups is 2. The summed E-state index contributed by atoms with van der Waals surface area (Å²) in [5.74, 6) is -0.609. The predicted octanol–water partition coefficient (Wildman–Crippen LogP) is 2.43. The SMILES string of the molecule is COc1cccc(CCC(=O)Nc2cc(F)cc(C(=O)NCCn3cncn3)c2)c1. The third-order valence-electron chi connectivity index (χ3n) is 4.31. The molecular formula is C21H22FN5O3. The number of halogens is 1. The molecule has 0 radical (unpaired) electrons. The number of aromatic nitrogens is 3. The number of rotatable bonds is 9. The lowest BCUT2D eigenvalue weighted by Gasteiger charge is -2.09.